The molecule has 0 bridgehead atoms. The van der Waals surface area contributed by atoms with E-state index in [0.717, 1.165) is 21.3 Å². The molecule has 18 heavy (non-hydrogen) atoms. The summed E-state index contributed by atoms with van der Waals surface area (Å²) in [5, 5.41) is 0. The van der Waals surface area contributed by atoms with Crippen molar-refractivity contribution in [3.05, 3.63) is 0 Å². The fourth-order valence-electron chi connectivity index (χ4n) is 0.950. The molecule has 0 N–H and O–H groups in total. The molecule has 0 aliphatic carbocycles. The van der Waals surface area contributed by atoms with Crippen molar-refractivity contribution < 1.29 is 40.6 Å². The zero-order valence-corrected chi connectivity index (χ0v) is 11.0. The lowest BCUT2D eigenvalue weighted by molar-refractivity contribution is -0.342. The van der Waals surface area contributed by atoms with Crippen LogP contribution in [0.2, 0.25) is 0 Å². The van der Waals surface area contributed by atoms with E-state index in [0.29, 0.717) is 0 Å². The van der Waals surface area contributed by atoms with Crippen molar-refractivity contribution in [1.29, 1.82) is 0 Å². The van der Waals surface area contributed by atoms with Gasteiger partial charge < -0.3 is 14.2 Å². The molecule has 0 heterocycles. The minimum absolute atomic E-state index is 0.883. The van der Waals surface area contributed by atoms with Gasteiger partial charge in [-0.25, -0.2) is 0 Å². The summed E-state index contributed by atoms with van der Waals surface area (Å²) < 4.78 is 84.7. The molecule has 11 heteroatoms. The van der Waals surface area contributed by atoms with Crippen LogP contribution in [0.25, 0.3) is 0 Å². The standard InChI is InChI=1S/C7H10F6O3S2/c1-14-5(15-2,16-3)4(17-6(8,9)10)18-7(11,12)13/h4H,1-3H3. The highest BCUT2D eigenvalue weighted by atomic mass is 32.2. The Morgan fingerprint density at radius 3 is 1.17 bits per heavy atom. The summed E-state index contributed by atoms with van der Waals surface area (Å²) in [7, 11) is 2.65. The molecule has 0 aromatic carbocycles. The minimum Gasteiger partial charge on any atom is -0.329 e. The lowest BCUT2D eigenvalue weighted by atomic mass is 10.6. The van der Waals surface area contributed by atoms with E-state index < -0.39 is 45.1 Å². The van der Waals surface area contributed by atoms with E-state index in [1.54, 1.807) is 0 Å². The normalized spacial score (nSPS) is 14.3. The number of methoxy groups -OCH3 is 3. The van der Waals surface area contributed by atoms with Gasteiger partial charge >= 0.3 is 17.0 Å². The molecule has 0 radical (unpaired) electrons. The molecule has 0 fully saturated rings. The zero-order chi connectivity index (χ0) is 14.6. The second-order valence-electron chi connectivity index (χ2n) is 2.68. The number of hydrogen-bond acceptors (Lipinski definition) is 5. The number of halogens is 6. The SMILES string of the molecule is COC(OC)(OC)C(SC(F)(F)F)SC(F)(F)F. The summed E-state index contributed by atoms with van der Waals surface area (Å²) in [6, 6.07) is 0. The minimum atomic E-state index is -4.90. The zero-order valence-electron chi connectivity index (χ0n) is 9.39. The fraction of sp³-hybridized carbons (Fsp3) is 1.00. The average Bonchev–Trinajstić information content (AvgIpc) is 2.16. The monoisotopic (exact) mass is 320 g/mol. The van der Waals surface area contributed by atoms with Gasteiger partial charge in [0.15, 0.2) is 0 Å². The van der Waals surface area contributed by atoms with Crippen LogP contribution in [-0.2, 0) is 14.2 Å². The lowest BCUT2D eigenvalue weighted by Gasteiger charge is -2.35. The van der Waals surface area contributed by atoms with Gasteiger partial charge in [0.05, 0.1) is 0 Å². The van der Waals surface area contributed by atoms with Gasteiger partial charge in [0.1, 0.15) is 4.58 Å². The summed E-state index contributed by atoms with van der Waals surface area (Å²) in [5.74, 6) is -2.46. The fourth-order valence-corrected chi connectivity index (χ4v) is 3.15. The second kappa shape index (κ2) is 6.55. The number of thioether (sulfide) groups is 2. The quantitative estimate of drug-likeness (QED) is 0.552. The number of hydrogen-bond donors (Lipinski definition) is 0. The highest BCUT2D eigenvalue weighted by Crippen LogP contribution is 2.50. The van der Waals surface area contributed by atoms with Crippen molar-refractivity contribution >= 4 is 23.5 Å². The van der Waals surface area contributed by atoms with Crippen LogP contribution in [0.15, 0.2) is 0 Å². The molecule has 0 spiro atoms. The van der Waals surface area contributed by atoms with E-state index in [1.165, 1.54) is 0 Å². The largest absolute Gasteiger partial charge is 0.443 e. The molecule has 0 aromatic rings. The smallest absolute Gasteiger partial charge is 0.329 e. The summed E-state index contributed by atoms with van der Waals surface area (Å²) in [6.07, 6.45) is 0. The van der Waals surface area contributed by atoms with Crippen LogP contribution in [0.3, 0.4) is 0 Å². The second-order valence-corrected chi connectivity index (χ2v) is 5.31. The van der Waals surface area contributed by atoms with Gasteiger partial charge in [0.2, 0.25) is 0 Å². The Morgan fingerprint density at radius 1 is 0.722 bits per heavy atom. The van der Waals surface area contributed by atoms with Crippen LogP contribution in [0.1, 0.15) is 0 Å². The molecule has 0 atom stereocenters. The van der Waals surface area contributed by atoms with Gasteiger partial charge in [0, 0.05) is 21.3 Å². The first-order valence-corrected chi connectivity index (χ1v) is 5.90. The molecule has 110 valence electrons. The Bertz CT molecular complexity index is 228. The van der Waals surface area contributed by atoms with E-state index in [4.69, 9.17) is 0 Å². The Kier molecular flexibility index (Phi) is 6.61. The van der Waals surface area contributed by atoms with Gasteiger partial charge in [0.25, 0.3) is 0 Å². The summed E-state index contributed by atoms with van der Waals surface area (Å²) in [4.78, 5) is 0. The van der Waals surface area contributed by atoms with Crippen LogP contribution in [-0.4, -0.2) is 42.9 Å². The van der Waals surface area contributed by atoms with Gasteiger partial charge in [-0.2, -0.15) is 26.3 Å². The average molecular weight is 320 g/mol. The lowest BCUT2D eigenvalue weighted by Crippen LogP contribution is -2.46. The van der Waals surface area contributed by atoms with Gasteiger partial charge in [-0.05, 0) is 23.5 Å². The van der Waals surface area contributed by atoms with Gasteiger partial charge in [-0.3, -0.25) is 0 Å². The molecule has 0 rings (SSSR count). The van der Waals surface area contributed by atoms with Crippen LogP contribution in [0.4, 0.5) is 26.3 Å². The number of ether oxygens (including phenoxy) is 3. The van der Waals surface area contributed by atoms with Gasteiger partial charge in [-0.1, -0.05) is 0 Å². The maximum absolute atomic E-state index is 12.2. The van der Waals surface area contributed by atoms with E-state index in [2.05, 4.69) is 14.2 Å². The van der Waals surface area contributed by atoms with Gasteiger partial charge in [-0.15, -0.1) is 0 Å². The van der Waals surface area contributed by atoms with Crippen molar-refractivity contribution in [2.24, 2.45) is 0 Å². The summed E-state index contributed by atoms with van der Waals surface area (Å²) >= 11 is -1.85. The third-order valence-electron chi connectivity index (χ3n) is 1.62. The number of rotatable bonds is 6. The first kappa shape index (κ1) is 18.2. The maximum Gasteiger partial charge on any atom is 0.443 e. The topological polar surface area (TPSA) is 27.7 Å². The van der Waals surface area contributed by atoms with Crippen molar-refractivity contribution in [3.63, 3.8) is 0 Å². The van der Waals surface area contributed by atoms with Crippen molar-refractivity contribution in [1.82, 2.24) is 0 Å². The molecule has 3 nitrogen and oxygen atoms in total. The van der Waals surface area contributed by atoms with Crippen molar-refractivity contribution in [2.75, 3.05) is 21.3 Å². The van der Waals surface area contributed by atoms with Crippen LogP contribution < -0.4 is 0 Å². The molecule has 0 saturated carbocycles. The number of alkyl halides is 6. The van der Waals surface area contributed by atoms with E-state index >= 15 is 0 Å². The third-order valence-corrected chi connectivity index (χ3v) is 3.74. The van der Waals surface area contributed by atoms with E-state index in [1.807, 2.05) is 0 Å². The molecule has 0 saturated heterocycles. The predicted molar refractivity (Wildman–Crippen MR) is 54.8 cm³/mol. The maximum atomic E-state index is 12.2. The van der Waals surface area contributed by atoms with Crippen LogP contribution in [0.5, 0.6) is 0 Å². The van der Waals surface area contributed by atoms with Crippen molar-refractivity contribution in [2.45, 2.75) is 21.6 Å². The predicted octanol–water partition coefficient (Wildman–Crippen LogP) is 3.41. The third kappa shape index (κ3) is 5.87. The van der Waals surface area contributed by atoms with E-state index in [-0.39, 0.29) is 0 Å². The van der Waals surface area contributed by atoms with E-state index in [9.17, 15) is 26.3 Å². The Labute approximate surface area is 108 Å². The van der Waals surface area contributed by atoms with Crippen molar-refractivity contribution in [3.8, 4) is 0 Å². The molecule has 0 aliphatic rings. The van der Waals surface area contributed by atoms with Crippen LogP contribution >= 0.6 is 23.5 Å². The Hall–Kier alpha value is 0.160. The highest BCUT2D eigenvalue weighted by Gasteiger charge is 2.52. The Balaban J connectivity index is 5.17. The first-order valence-electron chi connectivity index (χ1n) is 4.14. The van der Waals surface area contributed by atoms with Crippen LogP contribution in [0, 0.1) is 0 Å². The molecule has 0 aliphatic heterocycles. The molecule has 0 unspecified atom stereocenters. The molecule has 0 aromatic heterocycles. The molecule has 0 amide bonds. The highest BCUT2D eigenvalue weighted by molar-refractivity contribution is 8.17. The summed E-state index contributed by atoms with van der Waals surface area (Å²) in [6.45, 7) is 0. The summed E-state index contributed by atoms with van der Waals surface area (Å²) in [5.41, 5.74) is -9.80. The molecular formula is C7H10F6O3S2. The molecular weight excluding hydrogens is 310 g/mol. The Morgan fingerprint density at radius 2 is 1.00 bits per heavy atom. The first-order chi connectivity index (χ1) is 7.99.